The number of nitrogens with zero attached hydrogens (tertiary/aromatic N) is 2. The van der Waals surface area contributed by atoms with Crippen molar-refractivity contribution in [2.75, 3.05) is 20.2 Å². The highest BCUT2D eigenvalue weighted by Crippen LogP contribution is 2.29. The minimum absolute atomic E-state index is 0.0468. The maximum atomic E-state index is 12.5. The van der Waals surface area contributed by atoms with Crippen molar-refractivity contribution in [3.8, 4) is 5.75 Å². The number of hydrogen-bond acceptors (Lipinski definition) is 3. The summed E-state index contributed by atoms with van der Waals surface area (Å²) in [5, 5.41) is 0.442. The molecule has 0 amide bonds. The second-order valence-electron chi connectivity index (χ2n) is 5.61. The van der Waals surface area contributed by atoms with Crippen molar-refractivity contribution in [3.63, 3.8) is 0 Å². The minimum atomic E-state index is -0.124. The molecule has 0 unspecified atom stereocenters. The van der Waals surface area contributed by atoms with E-state index in [1.165, 1.54) is 0 Å². The summed E-state index contributed by atoms with van der Waals surface area (Å²) >= 11 is 9.65. The van der Waals surface area contributed by atoms with Gasteiger partial charge in [0.05, 0.1) is 17.0 Å². The van der Waals surface area contributed by atoms with E-state index in [1.54, 1.807) is 18.5 Å². The molecule has 0 aromatic heterocycles. The first kappa shape index (κ1) is 19.5. The highest BCUT2D eigenvalue weighted by Gasteiger charge is 2.13. The second kappa shape index (κ2) is 9.02. The molecular weight excluding hydrogens is 404 g/mol. The molecule has 0 atom stereocenters. The first-order valence-corrected chi connectivity index (χ1v) is 9.04. The fraction of sp³-hybridized carbons (Fsp3) is 0.263. The zero-order valence-corrected chi connectivity index (χ0v) is 16.8. The average molecular weight is 424 g/mol. The van der Waals surface area contributed by atoms with Crippen LogP contribution in [0.1, 0.15) is 22.8 Å². The van der Waals surface area contributed by atoms with Gasteiger partial charge < -0.3 is 9.64 Å². The van der Waals surface area contributed by atoms with Crippen LogP contribution < -0.4 is 4.74 Å². The van der Waals surface area contributed by atoms with Crippen LogP contribution in [0, 0.1) is 6.92 Å². The third kappa shape index (κ3) is 5.58. The van der Waals surface area contributed by atoms with Crippen LogP contribution in [0.4, 0.5) is 5.69 Å². The average Bonchev–Trinajstić information content (AvgIpc) is 2.59. The number of aliphatic imine (C=N–C) groups is 1. The second-order valence-corrected chi connectivity index (χ2v) is 6.93. The van der Waals surface area contributed by atoms with E-state index in [1.807, 2.05) is 50.1 Å². The number of benzene rings is 2. The fourth-order valence-electron chi connectivity index (χ4n) is 2.09. The standard InChI is InChI=1S/C19H20BrClN2O2/c1-4-23(3)12-22-18-8-13(2)16(10-17(18)21)19(24)11-25-15-7-5-6-14(20)9-15/h5-10,12H,4,11H2,1-3H3/b22-12-. The smallest absolute Gasteiger partial charge is 0.200 e. The lowest BCUT2D eigenvalue weighted by molar-refractivity contribution is 0.0921. The van der Waals surface area contributed by atoms with Crippen molar-refractivity contribution >= 4 is 45.3 Å². The molecule has 0 aliphatic carbocycles. The Morgan fingerprint density at radius 1 is 1.36 bits per heavy atom. The molecule has 0 fully saturated rings. The number of aryl methyl sites for hydroxylation is 1. The summed E-state index contributed by atoms with van der Waals surface area (Å²) in [7, 11) is 1.93. The third-order valence-electron chi connectivity index (χ3n) is 3.65. The number of hydrogen-bond donors (Lipinski definition) is 0. The number of ether oxygens (including phenoxy) is 1. The molecule has 2 aromatic rings. The predicted molar refractivity (Wildman–Crippen MR) is 107 cm³/mol. The lowest BCUT2D eigenvalue weighted by Gasteiger charge is -2.11. The van der Waals surface area contributed by atoms with Crippen molar-refractivity contribution in [2.45, 2.75) is 13.8 Å². The van der Waals surface area contributed by atoms with E-state index >= 15 is 0 Å². The van der Waals surface area contributed by atoms with E-state index in [-0.39, 0.29) is 12.4 Å². The molecule has 0 aliphatic heterocycles. The monoisotopic (exact) mass is 422 g/mol. The summed E-state index contributed by atoms with van der Waals surface area (Å²) in [5.41, 5.74) is 2.00. The van der Waals surface area contributed by atoms with Gasteiger partial charge >= 0.3 is 0 Å². The van der Waals surface area contributed by atoms with E-state index < -0.39 is 0 Å². The summed E-state index contributed by atoms with van der Waals surface area (Å²) in [4.78, 5) is 18.8. The van der Waals surface area contributed by atoms with Crippen LogP contribution in [0.3, 0.4) is 0 Å². The molecule has 2 aromatic carbocycles. The molecule has 6 heteroatoms. The minimum Gasteiger partial charge on any atom is -0.485 e. The SMILES string of the molecule is CCN(C)/C=N\c1cc(C)c(C(=O)COc2cccc(Br)c2)cc1Cl. The van der Waals surface area contributed by atoms with Crippen molar-refractivity contribution in [3.05, 3.63) is 57.0 Å². The summed E-state index contributed by atoms with van der Waals surface area (Å²) < 4.78 is 6.46. The molecule has 0 radical (unpaired) electrons. The molecule has 0 bridgehead atoms. The van der Waals surface area contributed by atoms with Gasteiger partial charge in [0.15, 0.2) is 6.61 Å². The predicted octanol–water partition coefficient (Wildman–Crippen LogP) is 5.28. The van der Waals surface area contributed by atoms with Gasteiger partial charge in [0.1, 0.15) is 5.75 Å². The molecule has 0 aliphatic rings. The molecular formula is C19H20BrClN2O2. The van der Waals surface area contributed by atoms with E-state index in [9.17, 15) is 4.79 Å². The van der Waals surface area contributed by atoms with Crippen molar-refractivity contribution < 1.29 is 9.53 Å². The Morgan fingerprint density at radius 3 is 2.80 bits per heavy atom. The molecule has 4 nitrogen and oxygen atoms in total. The summed E-state index contributed by atoms with van der Waals surface area (Å²) in [6, 6.07) is 10.8. The number of ketones is 1. The number of carbonyl (C=O) groups is 1. The van der Waals surface area contributed by atoms with Gasteiger partial charge in [-0.1, -0.05) is 33.6 Å². The van der Waals surface area contributed by atoms with Crippen LogP contribution in [0.5, 0.6) is 5.75 Å². The lowest BCUT2D eigenvalue weighted by Crippen LogP contribution is -2.14. The van der Waals surface area contributed by atoms with Crippen LogP contribution in [0.25, 0.3) is 0 Å². The van der Waals surface area contributed by atoms with Gasteiger partial charge in [-0.05, 0) is 49.7 Å². The number of halogens is 2. The van der Waals surface area contributed by atoms with Gasteiger partial charge in [0.2, 0.25) is 5.78 Å². The molecule has 0 heterocycles. The molecule has 2 rings (SSSR count). The molecule has 0 N–H and O–H groups in total. The Morgan fingerprint density at radius 2 is 2.12 bits per heavy atom. The Bertz CT molecular complexity index is 793. The quantitative estimate of drug-likeness (QED) is 0.345. The summed E-state index contributed by atoms with van der Waals surface area (Å²) in [6.07, 6.45) is 1.72. The number of carbonyl (C=O) groups excluding carboxylic acids is 1. The zero-order valence-electron chi connectivity index (χ0n) is 14.4. The van der Waals surface area contributed by atoms with E-state index in [2.05, 4.69) is 20.9 Å². The zero-order chi connectivity index (χ0) is 18.4. The van der Waals surface area contributed by atoms with Gasteiger partial charge in [0.25, 0.3) is 0 Å². The van der Waals surface area contributed by atoms with Crippen LogP contribution in [0.15, 0.2) is 45.9 Å². The maximum absolute atomic E-state index is 12.5. The van der Waals surface area contributed by atoms with Gasteiger partial charge in [-0.15, -0.1) is 0 Å². The first-order valence-electron chi connectivity index (χ1n) is 7.87. The van der Waals surface area contributed by atoms with Gasteiger partial charge in [0, 0.05) is 23.6 Å². The molecule has 25 heavy (non-hydrogen) atoms. The van der Waals surface area contributed by atoms with Crippen LogP contribution in [-0.4, -0.2) is 37.2 Å². The van der Waals surface area contributed by atoms with E-state index in [4.69, 9.17) is 16.3 Å². The normalized spacial score (nSPS) is 10.9. The van der Waals surface area contributed by atoms with Gasteiger partial charge in [-0.25, -0.2) is 4.99 Å². The largest absolute Gasteiger partial charge is 0.485 e. The highest BCUT2D eigenvalue weighted by atomic mass is 79.9. The number of Topliss-reactive ketones (excluding diaryl/α,β-unsaturated/α-hetero) is 1. The summed E-state index contributed by atoms with van der Waals surface area (Å²) in [6.45, 7) is 4.70. The van der Waals surface area contributed by atoms with Crippen molar-refractivity contribution in [1.82, 2.24) is 4.90 Å². The molecule has 132 valence electrons. The van der Waals surface area contributed by atoms with Gasteiger partial charge in [-0.2, -0.15) is 0 Å². The third-order valence-corrected chi connectivity index (χ3v) is 4.45. The molecule has 0 saturated carbocycles. The Hall–Kier alpha value is -1.85. The molecule has 0 spiro atoms. The topological polar surface area (TPSA) is 41.9 Å². The van der Waals surface area contributed by atoms with E-state index in [0.29, 0.717) is 22.0 Å². The maximum Gasteiger partial charge on any atom is 0.200 e. The van der Waals surface area contributed by atoms with Crippen LogP contribution in [0.2, 0.25) is 5.02 Å². The Labute approximate surface area is 161 Å². The van der Waals surface area contributed by atoms with Crippen LogP contribution in [-0.2, 0) is 0 Å². The lowest BCUT2D eigenvalue weighted by atomic mass is 10.0. The van der Waals surface area contributed by atoms with E-state index in [0.717, 1.165) is 16.6 Å². The first-order chi connectivity index (χ1) is 11.9. The van der Waals surface area contributed by atoms with Crippen LogP contribution >= 0.6 is 27.5 Å². The Kier molecular flexibility index (Phi) is 7.02. The number of rotatable bonds is 7. The summed E-state index contributed by atoms with van der Waals surface area (Å²) in [5.74, 6) is 0.510. The van der Waals surface area contributed by atoms with Crippen molar-refractivity contribution in [1.29, 1.82) is 0 Å². The Balaban J connectivity index is 2.12. The van der Waals surface area contributed by atoms with Gasteiger partial charge in [-0.3, -0.25) is 4.79 Å². The molecule has 0 saturated heterocycles. The van der Waals surface area contributed by atoms with Crippen molar-refractivity contribution in [2.24, 2.45) is 4.99 Å². The fourth-order valence-corrected chi connectivity index (χ4v) is 2.68. The highest BCUT2D eigenvalue weighted by molar-refractivity contribution is 9.10.